The molecule has 1 unspecified atom stereocenters. The van der Waals surface area contributed by atoms with Crippen LogP contribution >= 0.6 is 0 Å². The van der Waals surface area contributed by atoms with Gasteiger partial charge in [-0.1, -0.05) is 98.7 Å². The minimum Gasteiger partial charge on any atom is -0.356 e. The molecule has 4 nitrogen and oxygen atoms in total. The molecule has 0 N–H and O–H groups in total. The van der Waals surface area contributed by atoms with Crippen LogP contribution in [0.2, 0.25) is 0 Å². The summed E-state index contributed by atoms with van der Waals surface area (Å²) in [5.41, 5.74) is 9.87. The van der Waals surface area contributed by atoms with Gasteiger partial charge >= 0.3 is 0 Å². The number of hydrogen-bond acceptors (Lipinski definition) is 4. The van der Waals surface area contributed by atoms with E-state index in [-0.39, 0.29) is 0 Å². The third kappa shape index (κ3) is 6.79. The molecule has 0 radical (unpaired) electrons. The molecule has 2 heterocycles. The van der Waals surface area contributed by atoms with E-state index in [4.69, 9.17) is 0 Å². The van der Waals surface area contributed by atoms with E-state index in [1.165, 1.54) is 39.3 Å². The van der Waals surface area contributed by atoms with E-state index in [0.717, 1.165) is 13.3 Å². The van der Waals surface area contributed by atoms with Gasteiger partial charge in [0.25, 0.3) is 0 Å². The molecule has 2 aliphatic heterocycles. The lowest BCUT2D eigenvalue weighted by Gasteiger charge is -2.34. The van der Waals surface area contributed by atoms with Crippen LogP contribution in [0.4, 0.5) is 11.4 Å². The first kappa shape index (κ1) is 32.6. The van der Waals surface area contributed by atoms with Crippen molar-refractivity contribution in [2.24, 2.45) is 0 Å². The maximum atomic E-state index is 2.58. The van der Waals surface area contributed by atoms with Crippen LogP contribution in [0.5, 0.6) is 0 Å². The Morgan fingerprint density at radius 2 is 0.951 bits per heavy atom. The van der Waals surface area contributed by atoms with Gasteiger partial charge in [-0.3, -0.25) is 0 Å². The van der Waals surface area contributed by atoms with Gasteiger partial charge in [-0.05, 0) is 67.7 Å². The fraction of sp³-hybridized carbons (Fsp3) is 0.568. The molecular formula is C37H58N4. The quantitative estimate of drug-likeness (QED) is 0.303. The van der Waals surface area contributed by atoms with Crippen LogP contribution in [0.3, 0.4) is 0 Å². The first-order valence-electron chi connectivity index (χ1n) is 16.1. The monoisotopic (exact) mass is 558 g/mol. The van der Waals surface area contributed by atoms with Gasteiger partial charge in [0.2, 0.25) is 0 Å². The van der Waals surface area contributed by atoms with E-state index in [1.54, 1.807) is 0 Å². The van der Waals surface area contributed by atoms with E-state index in [9.17, 15) is 0 Å². The molecule has 1 atom stereocenters. The summed E-state index contributed by atoms with van der Waals surface area (Å²) >= 11 is 0. The van der Waals surface area contributed by atoms with Gasteiger partial charge in [-0.25, -0.2) is 0 Å². The summed E-state index contributed by atoms with van der Waals surface area (Å²) in [6.07, 6.45) is 7.03. The lowest BCUT2D eigenvalue weighted by molar-refractivity contribution is 0.190. The average Bonchev–Trinajstić information content (AvgIpc) is 3.61. The van der Waals surface area contributed by atoms with Crippen molar-refractivity contribution in [2.45, 2.75) is 126 Å². The third-order valence-corrected chi connectivity index (χ3v) is 8.51. The Balaban J connectivity index is 0.00000226. The lowest BCUT2D eigenvalue weighted by Crippen LogP contribution is -2.36. The molecule has 2 aromatic rings. The van der Waals surface area contributed by atoms with Gasteiger partial charge in [0.15, 0.2) is 0 Å². The Morgan fingerprint density at radius 3 is 1.34 bits per heavy atom. The van der Waals surface area contributed by atoms with Crippen molar-refractivity contribution in [3.05, 3.63) is 82.9 Å². The first-order valence-corrected chi connectivity index (χ1v) is 16.1. The Bertz CT molecular complexity index is 1180. The zero-order valence-corrected chi connectivity index (χ0v) is 28.4. The van der Waals surface area contributed by atoms with Gasteiger partial charge in [0, 0.05) is 53.7 Å². The summed E-state index contributed by atoms with van der Waals surface area (Å²) in [5.74, 6) is 1.68. The predicted molar refractivity (Wildman–Crippen MR) is 181 cm³/mol. The number of benzene rings is 2. The van der Waals surface area contributed by atoms with E-state index in [2.05, 4.69) is 151 Å². The number of para-hydroxylation sites is 2. The van der Waals surface area contributed by atoms with Crippen molar-refractivity contribution in [1.29, 1.82) is 0 Å². The molecule has 0 fully saturated rings. The highest BCUT2D eigenvalue weighted by Crippen LogP contribution is 2.43. The van der Waals surface area contributed by atoms with Crippen LogP contribution < -0.4 is 9.80 Å². The zero-order valence-electron chi connectivity index (χ0n) is 28.4. The van der Waals surface area contributed by atoms with Gasteiger partial charge in [-0.15, -0.1) is 0 Å². The van der Waals surface area contributed by atoms with Gasteiger partial charge in [0.05, 0.1) is 13.3 Å². The first-order chi connectivity index (χ1) is 19.4. The van der Waals surface area contributed by atoms with E-state index >= 15 is 0 Å². The number of rotatable bonds is 9. The molecule has 0 amide bonds. The molecule has 2 aromatic carbocycles. The summed E-state index contributed by atoms with van der Waals surface area (Å²) in [5, 5.41) is 0. The van der Waals surface area contributed by atoms with Crippen molar-refractivity contribution < 1.29 is 0 Å². The Kier molecular flexibility index (Phi) is 11.0. The Morgan fingerprint density at radius 1 is 0.537 bits per heavy atom. The van der Waals surface area contributed by atoms with Crippen molar-refractivity contribution >= 4 is 11.4 Å². The highest BCUT2D eigenvalue weighted by atomic mass is 15.4. The largest absolute Gasteiger partial charge is 0.356 e. The smallest absolute Gasteiger partial charge is 0.0989 e. The Hall–Kier alpha value is -2.88. The van der Waals surface area contributed by atoms with Crippen molar-refractivity contribution in [3.8, 4) is 0 Å². The van der Waals surface area contributed by atoms with Crippen LogP contribution in [0.25, 0.3) is 0 Å². The average molecular weight is 559 g/mol. The maximum absolute atomic E-state index is 2.58. The van der Waals surface area contributed by atoms with Crippen molar-refractivity contribution in [2.75, 3.05) is 23.1 Å². The minimum atomic E-state index is 0.293. The number of allylic oxidation sites excluding steroid dienone is 1. The molecule has 226 valence electrons. The van der Waals surface area contributed by atoms with Crippen LogP contribution in [-0.4, -0.2) is 35.2 Å². The molecule has 4 heteroatoms. The van der Waals surface area contributed by atoms with Crippen molar-refractivity contribution in [1.82, 2.24) is 9.80 Å². The SMILES string of the molecule is CC.CC(C)c1cccc(C(C)C)c1N1C=CN(c2c(C(C)C)cccc2C(C)C2=CN(C(C)C)CN2C(C)C)C1. The van der Waals surface area contributed by atoms with Crippen LogP contribution in [0.1, 0.15) is 136 Å². The summed E-state index contributed by atoms with van der Waals surface area (Å²) < 4.78 is 0. The molecule has 0 saturated heterocycles. The normalized spacial score (nSPS) is 16.1. The predicted octanol–water partition coefficient (Wildman–Crippen LogP) is 10.2. The second kappa shape index (κ2) is 13.9. The summed E-state index contributed by atoms with van der Waals surface area (Å²) in [7, 11) is 0. The highest BCUT2D eigenvalue weighted by Gasteiger charge is 2.32. The Labute approximate surface area is 252 Å². The number of hydrogen-bond donors (Lipinski definition) is 0. The zero-order chi connectivity index (χ0) is 30.6. The fourth-order valence-corrected chi connectivity index (χ4v) is 6.12. The molecule has 4 rings (SSSR count). The maximum Gasteiger partial charge on any atom is 0.0989 e. The lowest BCUT2D eigenvalue weighted by atomic mass is 9.89. The molecule has 2 aliphatic rings. The number of nitrogens with zero attached hydrogens (tertiary/aromatic N) is 4. The van der Waals surface area contributed by atoms with Gasteiger partial charge in [0.1, 0.15) is 0 Å². The summed E-state index contributed by atoms with van der Waals surface area (Å²) in [6, 6.07) is 14.8. The summed E-state index contributed by atoms with van der Waals surface area (Å²) in [4.78, 5) is 10.0. The van der Waals surface area contributed by atoms with Crippen LogP contribution in [-0.2, 0) is 0 Å². The topological polar surface area (TPSA) is 13.0 Å². The standard InChI is InChI=1S/C35H52N4.C2H6/c1-23(2)29-14-12-15-30(24(3)4)34(29)36-18-19-37(21-36)35-31(25(5)6)16-13-17-32(35)28(11)33-20-38(26(7)8)22-39(33)27(9)10;1-2/h12-20,23-28H,21-22H2,1-11H3;1-2H3. The number of anilines is 2. The third-order valence-electron chi connectivity index (χ3n) is 8.51. The van der Waals surface area contributed by atoms with Crippen LogP contribution in [0, 0.1) is 0 Å². The second-order valence-electron chi connectivity index (χ2n) is 13.0. The minimum absolute atomic E-state index is 0.293. The molecule has 41 heavy (non-hydrogen) atoms. The summed E-state index contributed by atoms with van der Waals surface area (Å²) in [6.45, 7) is 31.3. The van der Waals surface area contributed by atoms with E-state index in [0.29, 0.717) is 35.8 Å². The van der Waals surface area contributed by atoms with E-state index in [1.807, 2.05) is 13.8 Å². The molecule has 0 spiro atoms. The molecule has 0 aliphatic carbocycles. The molecule has 0 bridgehead atoms. The van der Waals surface area contributed by atoms with Crippen LogP contribution in [0.15, 0.2) is 60.7 Å². The molecular weight excluding hydrogens is 500 g/mol. The molecule has 0 aromatic heterocycles. The second-order valence-corrected chi connectivity index (χ2v) is 13.0. The molecule has 0 saturated carbocycles. The van der Waals surface area contributed by atoms with E-state index < -0.39 is 0 Å². The highest BCUT2D eigenvalue weighted by molar-refractivity contribution is 5.71. The fourth-order valence-electron chi connectivity index (χ4n) is 6.12. The van der Waals surface area contributed by atoms with Gasteiger partial charge < -0.3 is 19.6 Å². The van der Waals surface area contributed by atoms with Crippen molar-refractivity contribution in [3.63, 3.8) is 0 Å². The van der Waals surface area contributed by atoms with Gasteiger partial charge in [-0.2, -0.15) is 0 Å².